The summed E-state index contributed by atoms with van der Waals surface area (Å²) in [5, 5.41) is 3.33. The van der Waals surface area contributed by atoms with Gasteiger partial charge in [0, 0.05) is 25.7 Å². The van der Waals surface area contributed by atoms with E-state index in [2.05, 4.69) is 52.5 Å². The summed E-state index contributed by atoms with van der Waals surface area (Å²) in [6, 6.07) is 12.4. The maximum atomic E-state index is 13.0. The molecule has 5 nitrogen and oxygen atoms in total. The van der Waals surface area contributed by atoms with Crippen molar-refractivity contribution in [3.8, 4) is 0 Å². The molecule has 1 aliphatic heterocycles. The second kappa shape index (κ2) is 10.2. The zero-order chi connectivity index (χ0) is 19.8. The maximum absolute atomic E-state index is 13.0. The van der Waals surface area contributed by atoms with Crippen LogP contribution in [0, 0.1) is 12.8 Å². The first-order chi connectivity index (χ1) is 13.7. The summed E-state index contributed by atoms with van der Waals surface area (Å²) < 4.78 is 0. The molecule has 2 aromatic rings. The van der Waals surface area contributed by atoms with E-state index in [1.807, 2.05) is 11.8 Å². The van der Waals surface area contributed by atoms with Gasteiger partial charge in [0.05, 0.1) is 0 Å². The van der Waals surface area contributed by atoms with Crippen LogP contribution < -0.4 is 5.32 Å². The average molecular weight is 381 g/mol. The van der Waals surface area contributed by atoms with E-state index in [0.29, 0.717) is 17.4 Å². The number of anilines is 1. The van der Waals surface area contributed by atoms with Crippen molar-refractivity contribution in [2.75, 3.05) is 25.0 Å². The van der Waals surface area contributed by atoms with E-state index in [1.54, 1.807) is 6.07 Å². The normalized spacial score (nSPS) is 14.9. The highest BCUT2D eigenvalue weighted by Gasteiger charge is 2.25. The van der Waals surface area contributed by atoms with Crippen LogP contribution in [0.25, 0.3) is 0 Å². The predicted octanol–water partition coefficient (Wildman–Crippen LogP) is 4.48. The summed E-state index contributed by atoms with van der Waals surface area (Å²) in [6.07, 6.45) is 6.69. The largest absolute Gasteiger partial charge is 0.370 e. The summed E-state index contributed by atoms with van der Waals surface area (Å²) in [5.41, 5.74) is 1.89. The third-order valence-electron chi connectivity index (χ3n) is 5.41. The lowest BCUT2D eigenvalue weighted by atomic mass is 9.90. The molecule has 0 spiro atoms. The van der Waals surface area contributed by atoms with Crippen LogP contribution in [0.1, 0.15) is 60.9 Å². The summed E-state index contributed by atoms with van der Waals surface area (Å²) in [7, 11) is 0. The molecule has 0 aliphatic carbocycles. The van der Waals surface area contributed by atoms with Gasteiger partial charge in [-0.1, -0.05) is 50.1 Å². The first-order valence-electron chi connectivity index (χ1n) is 10.6. The van der Waals surface area contributed by atoms with E-state index < -0.39 is 0 Å². The van der Waals surface area contributed by atoms with Crippen LogP contribution in [0.2, 0.25) is 0 Å². The second-order valence-electron chi connectivity index (χ2n) is 7.74. The summed E-state index contributed by atoms with van der Waals surface area (Å²) in [5.74, 6) is 2.07. The molecule has 2 heterocycles. The van der Waals surface area contributed by atoms with Crippen molar-refractivity contribution in [1.82, 2.24) is 14.9 Å². The second-order valence-corrected chi connectivity index (χ2v) is 7.74. The Morgan fingerprint density at radius 2 is 1.89 bits per heavy atom. The fourth-order valence-electron chi connectivity index (χ4n) is 3.81. The van der Waals surface area contributed by atoms with Gasteiger partial charge in [0.25, 0.3) is 5.91 Å². The zero-order valence-corrected chi connectivity index (χ0v) is 17.2. The van der Waals surface area contributed by atoms with E-state index in [0.717, 1.165) is 51.1 Å². The molecule has 5 heteroatoms. The molecule has 0 unspecified atom stereocenters. The fourth-order valence-corrected chi connectivity index (χ4v) is 3.81. The van der Waals surface area contributed by atoms with Gasteiger partial charge in [-0.2, -0.15) is 0 Å². The van der Waals surface area contributed by atoms with Gasteiger partial charge >= 0.3 is 0 Å². The third kappa shape index (κ3) is 5.78. The van der Waals surface area contributed by atoms with Gasteiger partial charge in [-0.3, -0.25) is 4.79 Å². The quantitative estimate of drug-likeness (QED) is 0.686. The average Bonchev–Trinajstić information content (AvgIpc) is 2.72. The molecule has 1 aromatic heterocycles. The molecule has 0 radical (unpaired) electrons. The molecule has 150 valence electrons. The predicted molar refractivity (Wildman–Crippen MR) is 114 cm³/mol. The molecular formula is C23H32N4O. The monoisotopic (exact) mass is 380 g/mol. The number of hydrogen-bond donors (Lipinski definition) is 1. The zero-order valence-electron chi connectivity index (χ0n) is 17.2. The SMILES string of the molecule is CCCCCNc1cc(C(=O)N2CCC(Cc3ccccc3)CC2)nc(C)n1. The van der Waals surface area contributed by atoms with Gasteiger partial charge < -0.3 is 10.2 Å². The minimum Gasteiger partial charge on any atom is -0.370 e. The van der Waals surface area contributed by atoms with Gasteiger partial charge in [-0.15, -0.1) is 0 Å². The first kappa shape index (κ1) is 20.3. The van der Waals surface area contributed by atoms with Crippen LogP contribution >= 0.6 is 0 Å². The minimum atomic E-state index is 0.0280. The van der Waals surface area contributed by atoms with Crippen LogP contribution in [0.15, 0.2) is 36.4 Å². The van der Waals surface area contributed by atoms with E-state index in [9.17, 15) is 4.79 Å². The highest BCUT2D eigenvalue weighted by molar-refractivity contribution is 5.93. The summed E-state index contributed by atoms with van der Waals surface area (Å²) in [6.45, 7) is 6.52. The van der Waals surface area contributed by atoms with Crippen molar-refractivity contribution in [3.63, 3.8) is 0 Å². The number of piperidine rings is 1. The molecule has 28 heavy (non-hydrogen) atoms. The molecule has 1 aromatic carbocycles. The van der Waals surface area contributed by atoms with Gasteiger partial charge in [0.1, 0.15) is 17.3 Å². The smallest absolute Gasteiger partial charge is 0.272 e. The number of unbranched alkanes of at least 4 members (excludes halogenated alkanes) is 2. The lowest BCUT2D eigenvalue weighted by Gasteiger charge is -2.32. The van der Waals surface area contributed by atoms with E-state index in [-0.39, 0.29) is 5.91 Å². The van der Waals surface area contributed by atoms with Crippen molar-refractivity contribution in [1.29, 1.82) is 0 Å². The van der Waals surface area contributed by atoms with Crippen LogP contribution in [-0.4, -0.2) is 40.4 Å². The molecule has 1 fully saturated rings. The summed E-state index contributed by atoms with van der Waals surface area (Å²) in [4.78, 5) is 23.7. The molecule has 1 aliphatic rings. The molecule has 0 atom stereocenters. The Kier molecular flexibility index (Phi) is 7.40. The highest BCUT2D eigenvalue weighted by atomic mass is 16.2. The summed E-state index contributed by atoms with van der Waals surface area (Å²) >= 11 is 0. The lowest BCUT2D eigenvalue weighted by Crippen LogP contribution is -2.39. The van der Waals surface area contributed by atoms with Crippen molar-refractivity contribution < 1.29 is 4.79 Å². The Morgan fingerprint density at radius 1 is 1.14 bits per heavy atom. The number of benzene rings is 1. The number of amides is 1. The number of nitrogens with one attached hydrogen (secondary N) is 1. The molecule has 3 rings (SSSR count). The molecule has 1 saturated heterocycles. The standard InChI is InChI=1S/C23H32N4O/c1-3-4-8-13-24-22-17-21(25-18(2)26-22)23(28)27-14-11-20(12-15-27)16-19-9-6-5-7-10-19/h5-7,9-10,17,20H,3-4,8,11-16H2,1-2H3,(H,24,25,26). The van der Waals surface area contributed by atoms with Gasteiger partial charge in [0.15, 0.2) is 0 Å². The van der Waals surface area contributed by atoms with Crippen LogP contribution in [-0.2, 0) is 6.42 Å². The van der Waals surface area contributed by atoms with E-state index in [4.69, 9.17) is 0 Å². The Hall–Kier alpha value is -2.43. The molecular weight excluding hydrogens is 348 g/mol. The number of carbonyl (C=O) groups excluding carboxylic acids is 1. The van der Waals surface area contributed by atoms with Crippen molar-refractivity contribution >= 4 is 11.7 Å². The molecule has 1 amide bonds. The van der Waals surface area contributed by atoms with Crippen molar-refractivity contribution in [2.45, 2.75) is 52.4 Å². The molecule has 0 bridgehead atoms. The van der Waals surface area contributed by atoms with Gasteiger partial charge in [-0.25, -0.2) is 9.97 Å². The highest BCUT2D eigenvalue weighted by Crippen LogP contribution is 2.23. The Bertz CT molecular complexity index is 754. The van der Waals surface area contributed by atoms with Crippen LogP contribution in [0.3, 0.4) is 0 Å². The van der Waals surface area contributed by atoms with E-state index >= 15 is 0 Å². The lowest BCUT2D eigenvalue weighted by molar-refractivity contribution is 0.0684. The number of hydrogen-bond acceptors (Lipinski definition) is 4. The number of nitrogens with zero attached hydrogens (tertiary/aromatic N) is 3. The topological polar surface area (TPSA) is 58.1 Å². The Labute approximate surface area is 168 Å². The number of aryl methyl sites for hydroxylation is 1. The van der Waals surface area contributed by atoms with E-state index in [1.165, 1.54) is 18.4 Å². The maximum Gasteiger partial charge on any atom is 0.272 e. The molecule has 1 N–H and O–H groups in total. The number of aromatic nitrogens is 2. The number of likely N-dealkylation sites (tertiary alicyclic amines) is 1. The van der Waals surface area contributed by atoms with Gasteiger partial charge in [0.2, 0.25) is 0 Å². The van der Waals surface area contributed by atoms with Crippen LogP contribution in [0.5, 0.6) is 0 Å². The minimum absolute atomic E-state index is 0.0280. The van der Waals surface area contributed by atoms with Crippen molar-refractivity contribution in [3.05, 3.63) is 53.5 Å². The third-order valence-corrected chi connectivity index (χ3v) is 5.41. The van der Waals surface area contributed by atoms with Gasteiger partial charge in [-0.05, 0) is 44.1 Å². The van der Waals surface area contributed by atoms with Crippen LogP contribution in [0.4, 0.5) is 5.82 Å². The number of rotatable bonds is 8. The fraction of sp³-hybridized carbons (Fsp3) is 0.522. The molecule has 0 saturated carbocycles. The Balaban J connectivity index is 1.55. The first-order valence-corrected chi connectivity index (χ1v) is 10.6. The number of carbonyl (C=O) groups is 1. The Morgan fingerprint density at radius 3 is 2.61 bits per heavy atom. The van der Waals surface area contributed by atoms with Crippen molar-refractivity contribution in [2.24, 2.45) is 5.92 Å².